The fourth-order valence-corrected chi connectivity index (χ4v) is 2.49. The monoisotopic (exact) mass is 232 g/mol. The van der Waals surface area contributed by atoms with Crippen molar-refractivity contribution in [3.63, 3.8) is 0 Å². The first-order valence-electron chi connectivity index (χ1n) is 6.46. The van der Waals surface area contributed by atoms with Crippen LogP contribution >= 0.6 is 0 Å². The molecule has 0 unspecified atom stereocenters. The van der Waals surface area contributed by atoms with Crippen LogP contribution in [0, 0.1) is 6.92 Å². The lowest BCUT2D eigenvalue weighted by molar-refractivity contribution is 0.247. The van der Waals surface area contributed by atoms with Gasteiger partial charge in [-0.2, -0.15) is 0 Å². The van der Waals surface area contributed by atoms with Crippen LogP contribution in [0.15, 0.2) is 12.1 Å². The lowest BCUT2D eigenvalue weighted by Gasteiger charge is -2.35. The normalized spacial score (nSPS) is 21.8. The zero-order valence-corrected chi connectivity index (χ0v) is 10.4. The number of rotatable bonds is 2. The highest BCUT2D eigenvalue weighted by molar-refractivity contribution is 5.50. The second kappa shape index (κ2) is 4.18. The topological polar surface area (TPSA) is 45.4 Å². The number of aryl methyl sites for hydroxylation is 1. The number of nitrogen functional groups attached to an aromatic ring is 1. The second-order valence-corrected chi connectivity index (χ2v) is 5.10. The quantitative estimate of drug-likeness (QED) is 0.833. The van der Waals surface area contributed by atoms with Crippen molar-refractivity contribution in [3.8, 4) is 0 Å². The number of nitrogens with two attached hydrogens (primary N) is 1. The van der Waals surface area contributed by atoms with Crippen LogP contribution in [0.25, 0.3) is 0 Å². The Labute approximate surface area is 102 Å². The molecule has 1 aliphatic carbocycles. The fourth-order valence-electron chi connectivity index (χ4n) is 2.49. The summed E-state index contributed by atoms with van der Waals surface area (Å²) in [5.74, 6) is 1.08. The standard InChI is InChI=1S/C13H20N4/c1-10-12(14)4-5-13(15-10)17-8-6-16(7-9-17)11-2-3-11/h4-5,11H,2-3,6-9,14H2,1H3. The third-order valence-electron chi connectivity index (χ3n) is 3.81. The van der Waals surface area contributed by atoms with Gasteiger partial charge in [-0.1, -0.05) is 0 Å². The van der Waals surface area contributed by atoms with Gasteiger partial charge in [0.2, 0.25) is 0 Å². The van der Waals surface area contributed by atoms with Crippen molar-refractivity contribution in [1.29, 1.82) is 0 Å². The zero-order valence-electron chi connectivity index (χ0n) is 10.4. The zero-order chi connectivity index (χ0) is 11.8. The Balaban J connectivity index is 1.66. The van der Waals surface area contributed by atoms with Crippen LogP contribution in [0.5, 0.6) is 0 Å². The second-order valence-electron chi connectivity index (χ2n) is 5.10. The van der Waals surface area contributed by atoms with E-state index in [1.165, 1.54) is 25.9 Å². The van der Waals surface area contributed by atoms with Crippen molar-refractivity contribution < 1.29 is 0 Å². The SMILES string of the molecule is Cc1nc(N2CCN(C3CC3)CC2)ccc1N. The molecule has 0 amide bonds. The molecule has 0 bridgehead atoms. The van der Waals surface area contributed by atoms with Gasteiger partial charge in [0.05, 0.1) is 11.4 Å². The number of hydrogen-bond acceptors (Lipinski definition) is 4. The Morgan fingerprint density at radius 1 is 1.18 bits per heavy atom. The summed E-state index contributed by atoms with van der Waals surface area (Å²) in [6.07, 6.45) is 2.80. The van der Waals surface area contributed by atoms with Crippen LogP contribution in [0.2, 0.25) is 0 Å². The maximum atomic E-state index is 5.80. The van der Waals surface area contributed by atoms with Crippen molar-refractivity contribution in [2.75, 3.05) is 36.8 Å². The van der Waals surface area contributed by atoms with Crippen LogP contribution in [-0.2, 0) is 0 Å². The predicted octanol–water partition coefficient (Wildman–Crippen LogP) is 1.26. The molecule has 4 nitrogen and oxygen atoms in total. The van der Waals surface area contributed by atoms with Gasteiger partial charge in [-0.25, -0.2) is 4.98 Å². The average molecular weight is 232 g/mol. The highest BCUT2D eigenvalue weighted by atomic mass is 15.3. The molecule has 2 heterocycles. The van der Waals surface area contributed by atoms with Crippen LogP contribution in [0.4, 0.5) is 11.5 Å². The Hall–Kier alpha value is -1.29. The molecule has 1 aromatic rings. The van der Waals surface area contributed by atoms with E-state index < -0.39 is 0 Å². The molecular formula is C13H20N4. The minimum atomic E-state index is 0.783. The summed E-state index contributed by atoms with van der Waals surface area (Å²) in [6.45, 7) is 6.50. The largest absolute Gasteiger partial charge is 0.397 e. The first-order valence-corrected chi connectivity index (χ1v) is 6.46. The highest BCUT2D eigenvalue weighted by Gasteiger charge is 2.31. The van der Waals surface area contributed by atoms with Crippen molar-refractivity contribution >= 4 is 11.5 Å². The molecule has 92 valence electrons. The Morgan fingerprint density at radius 2 is 1.88 bits per heavy atom. The van der Waals surface area contributed by atoms with Gasteiger partial charge in [0.15, 0.2) is 0 Å². The van der Waals surface area contributed by atoms with E-state index in [0.29, 0.717) is 0 Å². The molecule has 4 heteroatoms. The minimum Gasteiger partial charge on any atom is -0.397 e. The Morgan fingerprint density at radius 3 is 2.47 bits per heavy atom. The summed E-state index contributed by atoms with van der Waals surface area (Å²) in [6, 6.07) is 4.89. The number of hydrogen-bond donors (Lipinski definition) is 1. The highest BCUT2D eigenvalue weighted by Crippen LogP contribution is 2.28. The molecular weight excluding hydrogens is 212 g/mol. The van der Waals surface area contributed by atoms with Gasteiger partial charge in [0.1, 0.15) is 5.82 Å². The third-order valence-corrected chi connectivity index (χ3v) is 3.81. The van der Waals surface area contributed by atoms with Crippen molar-refractivity contribution in [3.05, 3.63) is 17.8 Å². The fraction of sp³-hybridized carbons (Fsp3) is 0.615. The number of nitrogens with zero attached hydrogens (tertiary/aromatic N) is 3. The molecule has 2 fully saturated rings. The molecule has 0 aromatic carbocycles. The molecule has 1 saturated carbocycles. The molecule has 1 saturated heterocycles. The Bertz CT molecular complexity index is 406. The van der Waals surface area contributed by atoms with E-state index in [1.54, 1.807) is 0 Å². The summed E-state index contributed by atoms with van der Waals surface area (Å²) in [4.78, 5) is 9.54. The summed E-state index contributed by atoms with van der Waals surface area (Å²) in [5, 5.41) is 0. The van der Waals surface area contributed by atoms with Crippen molar-refractivity contribution in [2.45, 2.75) is 25.8 Å². The molecule has 17 heavy (non-hydrogen) atoms. The molecule has 3 rings (SSSR count). The summed E-state index contributed by atoms with van der Waals surface area (Å²) < 4.78 is 0. The predicted molar refractivity (Wildman–Crippen MR) is 70.2 cm³/mol. The van der Waals surface area contributed by atoms with Gasteiger partial charge < -0.3 is 10.6 Å². The number of piperazine rings is 1. The van der Waals surface area contributed by atoms with Gasteiger partial charge in [-0.3, -0.25) is 4.90 Å². The van der Waals surface area contributed by atoms with E-state index in [0.717, 1.165) is 36.3 Å². The van der Waals surface area contributed by atoms with E-state index in [9.17, 15) is 0 Å². The van der Waals surface area contributed by atoms with Crippen molar-refractivity contribution in [2.24, 2.45) is 0 Å². The molecule has 2 N–H and O–H groups in total. The molecule has 0 atom stereocenters. The van der Waals surface area contributed by atoms with Crippen LogP contribution < -0.4 is 10.6 Å². The van der Waals surface area contributed by atoms with Gasteiger partial charge in [-0.15, -0.1) is 0 Å². The van der Waals surface area contributed by atoms with Crippen LogP contribution in [-0.4, -0.2) is 42.1 Å². The van der Waals surface area contributed by atoms with Gasteiger partial charge >= 0.3 is 0 Å². The number of aromatic nitrogens is 1. The summed E-state index contributed by atoms with van der Waals surface area (Å²) in [7, 11) is 0. The molecule has 2 aliphatic rings. The van der Waals surface area contributed by atoms with E-state index in [2.05, 4.69) is 14.8 Å². The van der Waals surface area contributed by atoms with Crippen molar-refractivity contribution in [1.82, 2.24) is 9.88 Å². The first kappa shape index (κ1) is 10.8. The van der Waals surface area contributed by atoms with E-state index in [4.69, 9.17) is 5.73 Å². The Kier molecular flexibility index (Phi) is 2.67. The minimum absolute atomic E-state index is 0.783. The molecule has 1 aliphatic heterocycles. The smallest absolute Gasteiger partial charge is 0.129 e. The number of anilines is 2. The summed E-state index contributed by atoms with van der Waals surface area (Å²) >= 11 is 0. The van der Waals surface area contributed by atoms with E-state index in [1.807, 2.05) is 19.1 Å². The lowest BCUT2D eigenvalue weighted by atomic mass is 10.2. The van der Waals surface area contributed by atoms with E-state index in [-0.39, 0.29) is 0 Å². The maximum Gasteiger partial charge on any atom is 0.129 e. The van der Waals surface area contributed by atoms with Gasteiger partial charge in [0, 0.05) is 32.2 Å². The molecule has 0 radical (unpaired) electrons. The lowest BCUT2D eigenvalue weighted by Crippen LogP contribution is -2.47. The molecule has 1 aromatic heterocycles. The van der Waals surface area contributed by atoms with Gasteiger partial charge in [-0.05, 0) is 31.9 Å². The molecule has 0 spiro atoms. The van der Waals surface area contributed by atoms with Crippen LogP contribution in [0.3, 0.4) is 0 Å². The van der Waals surface area contributed by atoms with Crippen LogP contribution in [0.1, 0.15) is 18.5 Å². The summed E-state index contributed by atoms with van der Waals surface area (Å²) in [5.41, 5.74) is 7.52. The van der Waals surface area contributed by atoms with Gasteiger partial charge in [0.25, 0.3) is 0 Å². The third kappa shape index (κ3) is 2.22. The maximum absolute atomic E-state index is 5.80. The number of pyridine rings is 1. The van der Waals surface area contributed by atoms with E-state index >= 15 is 0 Å². The average Bonchev–Trinajstić information content (AvgIpc) is 3.17. The first-order chi connectivity index (χ1) is 8.24.